The van der Waals surface area contributed by atoms with E-state index in [2.05, 4.69) is 5.32 Å². The molecule has 0 spiro atoms. The van der Waals surface area contributed by atoms with Gasteiger partial charge in [0.1, 0.15) is 5.92 Å². The smallest absolute Gasteiger partial charge is 0.277 e. The van der Waals surface area contributed by atoms with Crippen LogP contribution < -0.4 is 5.32 Å². The second-order valence-corrected chi connectivity index (χ2v) is 6.01. The Kier molecular flexibility index (Phi) is 3.07. The molecule has 104 valence electrons. The second-order valence-electron chi connectivity index (χ2n) is 6.01. The average Bonchev–Trinajstić information content (AvgIpc) is 3.24. The maximum atomic E-state index is 12.5. The molecule has 1 unspecified atom stereocenters. The zero-order valence-electron chi connectivity index (χ0n) is 11.2. The molecule has 1 heterocycles. The number of carbonyl (C=O) groups is 3. The number of carbonyl (C=O) groups excluding carboxylic acids is 3. The molecule has 0 bridgehead atoms. The first-order valence-corrected chi connectivity index (χ1v) is 7.31. The molecular formula is C14H20N2O3. The number of barbiturate groups is 1. The molecule has 19 heavy (non-hydrogen) atoms. The second kappa shape index (κ2) is 4.62. The number of hydrogen-bond donors (Lipinski definition) is 1. The number of urea groups is 1. The lowest BCUT2D eigenvalue weighted by Gasteiger charge is -2.36. The highest BCUT2D eigenvalue weighted by Crippen LogP contribution is 2.47. The fraction of sp³-hybridized carbons (Fsp3) is 0.786. The van der Waals surface area contributed by atoms with Crippen LogP contribution in [0.15, 0.2) is 0 Å². The maximum Gasteiger partial charge on any atom is 0.331 e. The van der Waals surface area contributed by atoms with Crippen molar-refractivity contribution in [1.29, 1.82) is 0 Å². The van der Waals surface area contributed by atoms with Gasteiger partial charge in [0.15, 0.2) is 0 Å². The van der Waals surface area contributed by atoms with Gasteiger partial charge in [0, 0.05) is 6.04 Å². The summed E-state index contributed by atoms with van der Waals surface area (Å²) in [6.45, 7) is 1.95. The molecule has 4 amide bonds. The number of amides is 4. The molecule has 1 N–H and O–H groups in total. The summed E-state index contributed by atoms with van der Waals surface area (Å²) in [6.07, 6.45) is 5.70. The minimum Gasteiger partial charge on any atom is -0.277 e. The summed E-state index contributed by atoms with van der Waals surface area (Å²) < 4.78 is 0. The fourth-order valence-corrected chi connectivity index (χ4v) is 3.14. The zero-order valence-corrected chi connectivity index (χ0v) is 11.2. The Morgan fingerprint density at radius 3 is 2.21 bits per heavy atom. The molecule has 0 radical (unpaired) electrons. The topological polar surface area (TPSA) is 66.5 Å². The highest BCUT2D eigenvalue weighted by Gasteiger charge is 2.52. The number of hydrogen-bond acceptors (Lipinski definition) is 3. The molecule has 3 rings (SSSR count). The summed E-state index contributed by atoms with van der Waals surface area (Å²) in [5.41, 5.74) is 0. The summed E-state index contributed by atoms with van der Waals surface area (Å²) >= 11 is 0. The minimum absolute atomic E-state index is 0.0416. The van der Waals surface area contributed by atoms with Gasteiger partial charge in [-0.1, -0.05) is 13.3 Å². The van der Waals surface area contributed by atoms with Crippen LogP contribution in [0.4, 0.5) is 4.79 Å². The highest BCUT2D eigenvalue weighted by molar-refractivity contribution is 6.16. The van der Waals surface area contributed by atoms with Crippen LogP contribution in [0.1, 0.15) is 45.4 Å². The van der Waals surface area contributed by atoms with Crippen molar-refractivity contribution in [3.8, 4) is 0 Å². The summed E-state index contributed by atoms with van der Waals surface area (Å²) in [5.74, 6) is -0.407. The lowest BCUT2D eigenvalue weighted by Crippen LogP contribution is -2.61. The van der Waals surface area contributed by atoms with Crippen molar-refractivity contribution in [2.45, 2.75) is 51.5 Å². The van der Waals surface area contributed by atoms with E-state index in [1.165, 1.54) is 4.90 Å². The average molecular weight is 264 g/mol. The Bertz CT molecular complexity index is 414. The van der Waals surface area contributed by atoms with Gasteiger partial charge in [0.05, 0.1) is 0 Å². The molecule has 2 aliphatic carbocycles. The molecule has 0 aromatic rings. The molecule has 0 aromatic carbocycles. The van der Waals surface area contributed by atoms with Crippen LogP contribution >= 0.6 is 0 Å². The van der Waals surface area contributed by atoms with Crippen LogP contribution in [0.5, 0.6) is 0 Å². The Morgan fingerprint density at radius 1 is 1.16 bits per heavy atom. The molecule has 1 aliphatic heterocycles. The van der Waals surface area contributed by atoms with Gasteiger partial charge in [-0.05, 0) is 43.9 Å². The van der Waals surface area contributed by atoms with E-state index in [9.17, 15) is 14.4 Å². The van der Waals surface area contributed by atoms with E-state index in [4.69, 9.17) is 0 Å². The van der Waals surface area contributed by atoms with Crippen molar-refractivity contribution in [3.05, 3.63) is 0 Å². The van der Waals surface area contributed by atoms with Crippen LogP contribution in [-0.4, -0.2) is 28.8 Å². The maximum absolute atomic E-state index is 12.5. The van der Waals surface area contributed by atoms with Crippen LogP contribution in [0.3, 0.4) is 0 Å². The lowest BCUT2D eigenvalue weighted by molar-refractivity contribution is -0.145. The first-order chi connectivity index (χ1) is 9.13. The van der Waals surface area contributed by atoms with Gasteiger partial charge >= 0.3 is 6.03 Å². The van der Waals surface area contributed by atoms with Crippen LogP contribution in [0, 0.1) is 17.8 Å². The minimum atomic E-state index is -0.664. The summed E-state index contributed by atoms with van der Waals surface area (Å²) in [6, 6.07) is -0.453. The molecule has 5 heteroatoms. The lowest BCUT2D eigenvalue weighted by atomic mass is 9.96. The van der Waals surface area contributed by atoms with Gasteiger partial charge < -0.3 is 0 Å². The van der Waals surface area contributed by atoms with E-state index >= 15 is 0 Å². The third-order valence-corrected chi connectivity index (χ3v) is 4.39. The van der Waals surface area contributed by atoms with Crippen molar-refractivity contribution < 1.29 is 14.4 Å². The largest absolute Gasteiger partial charge is 0.331 e. The Labute approximate surface area is 112 Å². The predicted molar refractivity (Wildman–Crippen MR) is 68.0 cm³/mol. The van der Waals surface area contributed by atoms with Crippen LogP contribution in [0.2, 0.25) is 0 Å². The summed E-state index contributed by atoms with van der Waals surface area (Å²) in [7, 11) is 0. The molecule has 1 atom stereocenters. The Hall–Kier alpha value is -1.39. The van der Waals surface area contributed by atoms with Gasteiger partial charge in [-0.25, -0.2) is 4.79 Å². The van der Waals surface area contributed by atoms with Crippen molar-refractivity contribution in [3.63, 3.8) is 0 Å². The molecular weight excluding hydrogens is 244 g/mol. The molecule has 1 saturated heterocycles. The van der Waals surface area contributed by atoms with E-state index in [0.717, 1.165) is 32.1 Å². The molecule has 3 aliphatic rings. The zero-order chi connectivity index (χ0) is 13.6. The number of nitrogens with zero attached hydrogens (tertiary/aromatic N) is 1. The van der Waals surface area contributed by atoms with Crippen LogP contribution in [0.25, 0.3) is 0 Å². The SMILES string of the molecule is CCCC1C(=O)NC(=O)N(C(C2CC2)C2CC2)C1=O. The third-order valence-electron chi connectivity index (χ3n) is 4.39. The van der Waals surface area contributed by atoms with Gasteiger partial charge in [0.2, 0.25) is 11.8 Å². The third kappa shape index (κ3) is 2.26. The molecule has 2 saturated carbocycles. The first-order valence-electron chi connectivity index (χ1n) is 7.31. The number of rotatable bonds is 5. The molecule has 3 fully saturated rings. The Morgan fingerprint density at radius 2 is 1.74 bits per heavy atom. The molecule has 5 nitrogen and oxygen atoms in total. The van der Waals surface area contributed by atoms with Crippen LogP contribution in [-0.2, 0) is 9.59 Å². The monoisotopic (exact) mass is 264 g/mol. The number of nitrogens with one attached hydrogen (secondary N) is 1. The van der Waals surface area contributed by atoms with Gasteiger partial charge in [-0.15, -0.1) is 0 Å². The van der Waals surface area contributed by atoms with Crippen molar-refractivity contribution in [2.24, 2.45) is 17.8 Å². The van der Waals surface area contributed by atoms with Crippen molar-refractivity contribution in [1.82, 2.24) is 10.2 Å². The highest BCUT2D eigenvalue weighted by atomic mass is 16.2. The summed E-state index contributed by atoms with van der Waals surface area (Å²) in [5, 5.41) is 2.37. The Balaban J connectivity index is 1.83. The summed E-state index contributed by atoms with van der Waals surface area (Å²) in [4.78, 5) is 37.7. The van der Waals surface area contributed by atoms with E-state index in [1.807, 2.05) is 6.92 Å². The normalized spacial score (nSPS) is 28.0. The van der Waals surface area contributed by atoms with E-state index in [-0.39, 0.29) is 11.9 Å². The predicted octanol–water partition coefficient (Wildman–Crippen LogP) is 1.67. The standard InChI is InChI=1S/C14H20N2O3/c1-2-3-10-12(17)15-14(19)16(13(10)18)11(8-4-5-8)9-6-7-9/h8-11H,2-7H2,1H3,(H,15,17,19). The van der Waals surface area contributed by atoms with E-state index in [0.29, 0.717) is 18.3 Å². The first kappa shape index (κ1) is 12.6. The quantitative estimate of drug-likeness (QED) is 0.768. The van der Waals surface area contributed by atoms with Gasteiger partial charge in [-0.2, -0.15) is 0 Å². The van der Waals surface area contributed by atoms with E-state index in [1.54, 1.807) is 0 Å². The fourth-order valence-electron chi connectivity index (χ4n) is 3.14. The van der Waals surface area contributed by atoms with Crippen molar-refractivity contribution >= 4 is 17.8 Å². The molecule has 0 aromatic heterocycles. The van der Waals surface area contributed by atoms with Crippen molar-refractivity contribution in [2.75, 3.05) is 0 Å². The number of imide groups is 2. The van der Waals surface area contributed by atoms with Gasteiger partial charge in [-0.3, -0.25) is 19.8 Å². The van der Waals surface area contributed by atoms with Gasteiger partial charge in [0.25, 0.3) is 0 Å². The van der Waals surface area contributed by atoms with E-state index < -0.39 is 17.9 Å².